The van der Waals surface area contributed by atoms with Crippen LogP contribution in [-0.4, -0.2) is 124 Å². The molecule has 0 radical (unpaired) electrons. The predicted octanol–water partition coefficient (Wildman–Crippen LogP) is 5.26. The van der Waals surface area contributed by atoms with Crippen LogP contribution in [0.2, 0.25) is 0 Å². The number of thiazole rings is 1. The molecule has 2 saturated heterocycles. The number of carbonyl (C=O) groups excluding carboxylic acids is 4. The molecule has 3 aliphatic heterocycles. The number of nitrogens with one attached hydrogen (secondary N) is 2. The summed E-state index contributed by atoms with van der Waals surface area (Å²) in [6.45, 7) is 12.9. The second-order valence-electron chi connectivity index (χ2n) is 17.9. The topological polar surface area (TPSA) is 177 Å². The van der Waals surface area contributed by atoms with E-state index in [1.54, 1.807) is 27.2 Å². The highest BCUT2D eigenvalue weighted by atomic mass is 32.1. The molecule has 4 N–H and O–H groups in total. The minimum absolute atomic E-state index is 0.0327. The highest BCUT2D eigenvalue weighted by Gasteiger charge is 2.41. The zero-order valence-corrected chi connectivity index (χ0v) is 37.8. The summed E-state index contributed by atoms with van der Waals surface area (Å²) in [7, 11) is 3.18. The van der Waals surface area contributed by atoms with E-state index in [1.807, 2.05) is 18.4 Å². The number of likely N-dealkylation sites (N-methyl/N-ethyl adjacent to an activating group) is 1. The van der Waals surface area contributed by atoms with Gasteiger partial charge in [0.25, 0.3) is 5.91 Å². The molecule has 15 nitrogen and oxygen atoms in total. The van der Waals surface area contributed by atoms with Crippen molar-refractivity contribution in [2.75, 3.05) is 40.4 Å². The van der Waals surface area contributed by atoms with E-state index in [0.29, 0.717) is 37.4 Å². The number of nitrogens with two attached hydrogens (primary N) is 1. The van der Waals surface area contributed by atoms with E-state index in [2.05, 4.69) is 60.3 Å². The molecular formula is C45H60FN9O6S. The van der Waals surface area contributed by atoms with Gasteiger partial charge in [0, 0.05) is 79.2 Å². The molecule has 62 heavy (non-hydrogen) atoms. The number of aromatic nitrogens is 3. The molecule has 2 fully saturated rings. The molecule has 0 saturated carbocycles. The van der Waals surface area contributed by atoms with Crippen LogP contribution in [0.3, 0.4) is 0 Å². The number of aryl methyl sites for hydroxylation is 1. The summed E-state index contributed by atoms with van der Waals surface area (Å²) in [6, 6.07) is 6.12. The summed E-state index contributed by atoms with van der Waals surface area (Å²) in [6.07, 6.45) is 1.76. The largest absolute Gasteiger partial charge is 0.464 e. The number of benzene rings is 1. The van der Waals surface area contributed by atoms with Crippen LogP contribution in [0.25, 0.3) is 33.4 Å². The van der Waals surface area contributed by atoms with Gasteiger partial charge in [-0.1, -0.05) is 33.8 Å². The molecule has 4 amide bonds. The van der Waals surface area contributed by atoms with E-state index in [1.165, 1.54) is 33.2 Å². The van der Waals surface area contributed by atoms with Gasteiger partial charge in [0.1, 0.15) is 24.3 Å². The van der Waals surface area contributed by atoms with Gasteiger partial charge in [0.2, 0.25) is 5.91 Å². The normalized spacial score (nSPS) is 23.0. The first-order valence-corrected chi connectivity index (χ1v) is 22.4. The number of likely N-dealkylation sites (tertiary alicyclic amines) is 1. The highest BCUT2D eigenvalue weighted by Crippen LogP contribution is 2.42. The summed E-state index contributed by atoms with van der Waals surface area (Å²) in [5.41, 5.74) is 15.0. The number of carbonyl (C=O) groups is 4. The molecule has 1 unspecified atom stereocenters. The molecule has 0 spiro atoms. The van der Waals surface area contributed by atoms with Crippen molar-refractivity contribution in [1.82, 2.24) is 40.1 Å². The Hall–Kier alpha value is -4.97. The van der Waals surface area contributed by atoms with Crippen molar-refractivity contribution in [3.63, 3.8) is 0 Å². The van der Waals surface area contributed by atoms with Crippen molar-refractivity contribution in [2.24, 2.45) is 17.1 Å². The molecule has 6 atom stereocenters. The van der Waals surface area contributed by atoms with E-state index >= 15 is 0 Å². The van der Waals surface area contributed by atoms with Gasteiger partial charge in [0.05, 0.1) is 47.4 Å². The van der Waals surface area contributed by atoms with Gasteiger partial charge < -0.3 is 34.9 Å². The first kappa shape index (κ1) is 45.1. The minimum Gasteiger partial charge on any atom is -0.464 e. The number of amides is 4. The van der Waals surface area contributed by atoms with Gasteiger partial charge in [-0.2, -0.15) is 0 Å². The maximum Gasteiger partial charge on any atom is 0.324 e. The number of esters is 1. The zero-order valence-electron chi connectivity index (χ0n) is 36.9. The number of cyclic esters (lactones) is 1. The van der Waals surface area contributed by atoms with Crippen molar-refractivity contribution in [3.05, 3.63) is 58.2 Å². The molecule has 6 bridgehead atoms. The average molecular weight is 874 g/mol. The Kier molecular flexibility index (Phi) is 13.4. The van der Waals surface area contributed by atoms with Crippen molar-refractivity contribution >= 4 is 46.1 Å². The van der Waals surface area contributed by atoms with Crippen LogP contribution in [-0.2, 0) is 43.2 Å². The maximum absolute atomic E-state index is 14.5. The Morgan fingerprint density at radius 1 is 1.19 bits per heavy atom. The van der Waals surface area contributed by atoms with Crippen LogP contribution in [0.5, 0.6) is 0 Å². The maximum atomic E-state index is 14.5. The summed E-state index contributed by atoms with van der Waals surface area (Å²) in [5.74, 6) is -1.83. The molecule has 7 rings (SSSR count). The average Bonchev–Trinajstić information content (AvgIpc) is 3.95. The number of ether oxygens (including phenoxy) is 2. The fourth-order valence-electron chi connectivity index (χ4n) is 9.03. The lowest BCUT2D eigenvalue weighted by Crippen LogP contribution is -2.62. The molecule has 0 aliphatic carbocycles. The Bertz CT molecular complexity index is 2300. The number of nitrogens with zero attached hydrogens (tertiary/aromatic N) is 6. The van der Waals surface area contributed by atoms with Crippen molar-refractivity contribution < 1.29 is 33.0 Å². The Balaban J connectivity index is 1.29. The van der Waals surface area contributed by atoms with Crippen LogP contribution in [0.15, 0.2) is 41.9 Å². The number of hydrazine groups is 1. The first-order chi connectivity index (χ1) is 29.5. The number of pyridine rings is 1. The van der Waals surface area contributed by atoms with Gasteiger partial charge >= 0.3 is 12.0 Å². The summed E-state index contributed by atoms with van der Waals surface area (Å²) >= 11 is 1.39. The van der Waals surface area contributed by atoms with Crippen LogP contribution in [0, 0.1) is 11.3 Å². The van der Waals surface area contributed by atoms with Crippen LogP contribution in [0.1, 0.15) is 76.8 Å². The van der Waals surface area contributed by atoms with E-state index in [4.69, 9.17) is 25.2 Å². The molecule has 3 aromatic heterocycles. The number of alkyl halides is 1. The molecule has 17 heteroatoms. The third-order valence-corrected chi connectivity index (χ3v) is 13.2. The number of hydrogen-bond acceptors (Lipinski definition) is 11. The van der Waals surface area contributed by atoms with Crippen LogP contribution >= 0.6 is 11.3 Å². The van der Waals surface area contributed by atoms with E-state index in [-0.39, 0.29) is 38.1 Å². The minimum atomic E-state index is -1.36. The molecule has 6 heterocycles. The number of rotatable bonds is 8. The lowest BCUT2D eigenvalue weighted by atomic mass is 9.84. The number of fused-ring (bicyclic) bond motifs is 6. The van der Waals surface area contributed by atoms with Gasteiger partial charge in [-0.25, -0.2) is 19.6 Å². The van der Waals surface area contributed by atoms with Gasteiger partial charge in [-0.15, -0.1) is 11.3 Å². The van der Waals surface area contributed by atoms with E-state index in [0.717, 1.165) is 44.7 Å². The molecular weight excluding hydrogens is 814 g/mol. The summed E-state index contributed by atoms with van der Waals surface area (Å²) in [4.78, 5) is 68.6. The van der Waals surface area contributed by atoms with E-state index < -0.39 is 59.6 Å². The molecule has 1 aromatic carbocycles. The standard InChI is InChI=1S/C45H60FN9O6S/c1-9-54-36-15-14-27-18-29(36)30(40(54)28-12-10-16-48-38(28)26(4)60-8)20-45(5,6)24-61-43(58)33-13-11-17-55(51-33)42(57)34(19-37-49-35(27)23-62-37)50-41(56)39(25(2)3)52(7)44(59)53-21-31(46)32(47)22-53/h10,12,14-16,18,23,25-26,31-34,39,51H,9,11,13,17,19-22,24,47H2,1-8H3,(H,50,56)/t26-,31-,32-,33-,34-,39?/m0/s1. The third-order valence-electron chi connectivity index (χ3n) is 12.3. The quantitative estimate of drug-likeness (QED) is 0.198. The Labute approximate surface area is 366 Å². The number of urea groups is 1. The predicted molar refractivity (Wildman–Crippen MR) is 236 cm³/mol. The lowest BCUT2D eigenvalue weighted by molar-refractivity contribution is -0.155. The highest BCUT2D eigenvalue weighted by molar-refractivity contribution is 7.10. The van der Waals surface area contributed by atoms with Crippen molar-refractivity contribution in [2.45, 2.75) is 110 Å². The van der Waals surface area contributed by atoms with Gasteiger partial charge in [-0.3, -0.25) is 24.4 Å². The summed E-state index contributed by atoms with van der Waals surface area (Å²) < 4.78 is 28.5. The zero-order chi connectivity index (χ0) is 44.6. The second kappa shape index (κ2) is 18.4. The Morgan fingerprint density at radius 2 is 1.97 bits per heavy atom. The first-order valence-electron chi connectivity index (χ1n) is 21.6. The van der Waals surface area contributed by atoms with Crippen molar-refractivity contribution in [3.8, 4) is 22.5 Å². The lowest BCUT2D eigenvalue weighted by Gasteiger charge is -2.37. The SMILES string of the molecule is CCn1c(-c2cccnc2[C@H](C)OC)c2c3cc(ccc31)-c1csc(n1)C[C@H](NC(=O)C(C(C)C)N(C)C(=O)N1C[C@H](N)[C@@H](F)C1)C(=O)N1CCC[C@H](N1)C(=O)OCC(C)(C)C2. The third kappa shape index (κ3) is 9.08. The molecule has 3 aliphatic rings. The fourth-order valence-corrected chi connectivity index (χ4v) is 9.88. The second-order valence-corrected chi connectivity index (χ2v) is 18.9. The van der Waals surface area contributed by atoms with Gasteiger partial charge in [0.15, 0.2) is 0 Å². The molecule has 334 valence electrons. The van der Waals surface area contributed by atoms with Crippen molar-refractivity contribution in [1.29, 1.82) is 0 Å². The monoisotopic (exact) mass is 873 g/mol. The van der Waals surface area contributed by atoms with Crippen LogP contribution < -0.4 is 16.5 Å². The smallest absolute Gasteiger partial charge is 0.324 e. The number of halogens is 1. The molecule has 4 aromatic rings. The van der Waals surface area contributed by atoms with Gasteiger partial charge in [-0.05, 0) is 68.9 Å². The number of methoxy groups -OCH3 is 1. The van der Waals surface area contributed by atoms with Crippen LogP contribution in [0.4, 0.5) is 9.18 Å². The fraction of sp³-hybridized carbons (Fsp3) is 0.556. The van der Waals surface area contributed by atoms with E-state index in [9.17, 15) is 23.6 Å². The Morgan fingerprint density at radius 3 is 2.66 bits per heavy atom. The summed E-state index contributed by atoms with van der Waals surface area (Å²) in [5, 5.41) is 7.95. The number of hydrogen-bond donors (Lipinski definition) is 3.